The van der Waals surface area contributed by atoms with Gasteiger partial charge in [-0.1, -0.05) is 109 Å². The van der Waals surface area contributed by atoms with E-state index < -0.39 is 0 Å². The average Bonchev–Trinajstić information content (AvgIpc) is 3.76. The Bertz CT molecular complexity index is 3030. The zero-order valence-corrected chi connectivity index (χ0v) is 29.1. The van der Waals surface area contributed by atoms with E-state index in [4.69, 9.17) is 0 Å². The van der Waals surface area contributed by atoms with Crippen molar-refractivity contribution in [2.24, 2.45) is 0 Å². The second-order valence-corrected chi connectivity index (χ2v) is 15.5. The topological polar surface area (TPSA) is 3.24 Å². The summed E-state index contributed by atoms with van der Waals surface area (Å²) in [7, 11) is 0. The van der Waals surface area contributed by atoms with Crippen LogP contribution in [-0.2, 0) is 0 Å². The van der Waals surface area contributed by atoms with E-state index >= 15 is 0 Å². The molecule has 238 valence electrons. The minimum atomic E-state index is 1.13. The first-order chi connectivity index (χ1) is 25.2. The molecule has 0 saturated carbocycles. The molecular formula is C48H29NS2. The van der Waals surface area contributed by atoms with Crippen molar-refractivity contribution in [3.8, 4) is 11.1 Å². The van der Waals surface area contributed by atoms with Gasteiger partial charge in [0.25, 0.3) is 0 Å². The highest BCUT2D eigenvalue weighted by Gasteiger charge is 2.17. The quantitative estimate of drug-likeness (QED) is 0.167. The Kier molecular flexibility index (Phi) is 6.36. The third kappa shape index (κ3) is 4.59. The van der Waals surface area contributed by atoms with Crippen molar-refractivity contribution < 1.29 is 0 Å². The maximum Gasteiger partial charge on any atom is 0.0468 e. The summed E-state index contributed by atoms with van der Waals surface area (Å²) in [6.45, 7) is 0. The second kappa shape index (κ2) is 11.3. The molecule has 0 N–H and O–H groups in total. The van der Waals surface area contributed by atoms with Crippen LogP contribution < -0.4 is 4.90 Å². The van der Waals surface area contributed by atoms with Gasteiger partial charge >= 0.3 is 0 Å². The van der Waals surface area contributed by atoms with E-state index in [1.54, 1.807) is 0 Å². The molecule has 9 aromatic carbocycles. The molecule has 0 saturated heterocycles. The van der Waals surface area contributed by atoms with E-state index in [0.717, 1.165) is 17.1 Å². The Balaban J connectivity index is 1.07. The van der Waals surface area contributed by atoms with Crippen LogP contribution >= 0.6 is 22.7 Å². The van der Waals surface area contributed by atoms with Gasteiger partial charge in [-0.25, -0.2) is 0 Å². The van der Waals surface area contributed by atoms with Crippen LogP contribution in [0.3, 0.4) is 0 Å². The molecule has 0 radical (unpaired) electrons. The number of hydrogen-bond donors (Lipinski definition) is 0. The zero-order chi connectivity index (χ0) is 33.5. The van der Waals surface area contributed by atoms with E-state index in [-0.39, 0.29) is 0 Å². The predicted molar refractivity (Wildman–Crippen MR) is 225 cm³/mol. The van der Waals surface area contributed by atoms with E-state index in [0.29, 0.717) is 0 Å². The van der Waals surface area contributed by atoms with Crippen LogP contribution in [0.2, 0.25) is 0 Å². The molecule has 0 aliphatic carbocycles. The molecule has 0 aliphatic rings. The number of fused-ring (bicyclic) bond motifs is 11. The van der Waals surface area contributed by atoms with Gasteiger partial charge in [0, 0.05) is 57.4 Å². The third-order valence-corrected chi connectivity index (χ3v) is 12.7. The van der Waals surface area contributed by atoms with Crippen LogP contribution in [0.1, 0.15) is 0 Å². The largest absolute Gasteiger partial charge is 0.310 e. The predicted octanol–water partition coefficient (Wildman–Crippen LogP) is 15.0. The van der Waals surface area contributed by atoms with E-state index in [9.17, 15) is 0 Å². The molecule has 2 heterocycles. The average molecular weight is 684 g/mol. The fraction of sp³-hybridized carbons (Fsp3) is 0. The van der Waals surface area contributed by atoms with Gasteiger partial charge in [-0.05, 0) is 110 Å². The molecule has 0 aliphatic heterocycles. The van der Waals surface area contributed by atoms with Gasteiger partial charge < -0.3 is 4.90 Å². The van der Waals surface area contributed by atoms with E-state index in [1.807, 2.05) is 22.7 Å². The van der Waals surface area contributed by atoms with Crippen LogP contribution in [-0.4, -0.2) is 0 Å². The van der Waals surface area contributed by atoms with Crippen molar-refractivity contribution in [3.63, 3.8) is 0 Å². The summed E-state index contributed by atoms with van der Waals surface area (Å²) in [6.07, 6.45) is 0. The Hall–Kier alpha value is -6.00. The highest BCUT2D eigenvalue weighted by atomic mass is 32.1. The Labute approximate surface area is 302 Å². The number of benzene rings is 9. The lowest BCUT2D eigenvalue weighted by Crippen LogP contribution is -2.09. The second-order valence-electron chi connectivity index (χ2n) is 13.3. The standard InChI is InChI=1S/C48H29NS2/c1-2-8-38-31(7-1)13-16-33-17-14-32-15-18-34(27-41(32)48(33)38)30-19-21-35(22-20-30)49(36-23-25-46-42(28-36)39-9-3-5-11-44(39)50-46)37-24-26-47-43(29-37)40-10-4-6-12-45(40)51-47/h1-29H. The molecular weight excluding hydrogens is 655 g/mol. The maximum absolute atomic E-state index is 2.42. The zero-order valence-electron chi connectivity index (χ0n) is 27.5. The van der Waals surface area contributed by atoms with Gasteiger partial charge in [-0.2, -0.15) is 0 Å². The Morgan fingerprint density at radius 3 is 1.41 bits per heavy atom. The van der Waals surface area contributed by atoms with Gasteiger partial charge in [-0.3, -0.25) is 0 Å². The minimum Gasteiger partial charge on any atom is -0.310 e. The van der Waals surface area contributed by atoms with Crippen LogP contribution in [0.4, 0.5) is 17.1 Å². The Morgan fingerprint density at radius 1 is 0.294 bits per heavy atom. The summed E-state index contributed by atoms with van der Waals surface area (Å²) in [5, 5.41) is 12.9. The fourth-order valence-electron chi connectivity index (χ4n) is 7.96. The summed E-state index contributed by atoms with van der Waals surface area (Å²) >= 11 is 3.72. The molecule has 0 bridgehead atoms. The lowest BCUT2D eigenvalue weighted by Gasteiger charge is -2.26. The van der Waals surface area contributed by atoms with Crippen LogP contribution in [0, 0.1) is 0 Å². The van der Waals surface area contributed by atoms with Crippen molar-refractivity contribution in [3.05, 3.63) is 176 Å². The molecule has 0 spiro atoms. The normalized spacial score (nSPS) is 11.9. The smallest absolute Gasteiger partial charge is 0.0468 e. The molecule has 11 aromatic rings. The SMILES string of the molecule is c1ccc2c(c1)ccc1ccc3ccc(-c4ccc(N(c5ccc6sc7ccccc7c6c5)c5ccc6sc7ccccc7c6c5)cc4)cc3c12. The molecule has 51 heavy (non-hydrogen) atoms. The van der Waals surface area contributed by atoms with Crippen LogP contribution in [0.5, 0.6) is 0 Å². The monoisotopic (exact) mass is 683 g/mol. The molecule has 1 nitrogen and oxygen atoms in total. The first-order valence-electron chi connectivity index (χ1n) is 17.3. The lowest BCUT2D eigenvalue weighted by atomic mass is 9.94. The fourth-order valence-corrected chi connectivity index (χ4v) is 10.1. The summed E-state index contributed by atoms with van der Waals surface area (Å²) < 4.78 is 5.27. The molecule has 0 fully saturated rings. The molecule has 0 amide bonds. The molecule has 11 rings (SSSR count). The van der Waals surface area contributed by atoms with Gasteiger partial charge in [0.1, 0.15) is 0 Å². The van der Waals surface area contributed by atoms with Gasteiger partial charge in [0.05, 0.1) is 0 Å². The summed E-state index contributed by atoms with van der Waals surface area (Å²) in [6, 6.07) is 65.1. The maximum atomic E-state index is 2.42. The highest BCUT2D eigenvalue weighted by molar-refractivity contribution is 7.26. The third-order valence-electron chi connectivity index (χ3n) is 10.4. The molecule has 0 unspecified atom stereocenters. The Morgan fingerprint density at radius 2 is 0.765 bits per heavy atom. The first-order valence-corrected chi connectivity index (χ1v) is 19.0. The van der Waals surface area contributed by atoms with Crippen LogP contribution in [0.25, 0.3) is 83.8 Å². The van der Waals surface area contributed by atoms with E-state index in [2.05, 4.69) is 181 Å². The first kappa shape index (κ1) is 28.8. The van der Waals surface area contributed by atoms with Gasteiger partial charge in [0.2, 0.25) is 0 Å². The molecule has 3 heteroatoms. The van der Waals surface area contributed by atoms with Crippen molar-refractivity contribution in [2.45, 2.75) is 0 Å². The van der Waals surface area contributed by atoms with Crippen molar-refractivity contribution in [1.82, 2.24) is 0 Å². The summed E-state index contributed by atoms with van der Waals surface area (Å²) in [4.78, 5) is 2.42. The lowest BCUT2D eigenvalue weighted by molar-refractivity contribution is 1.30. The number of rotatable bonds is 4. The van der Waals surface area contributed by atoms with Crippen LogP contribution in [0.15, 0.2) is 176 Å². The number of hydrogen-bond acceptors (Lipinski definition) is 3. The van der Waals surface area contributed by atoms with Gasteiger partial charge in [-0.15, -0.1) is 22.7 Å². The van der Waals surface area contributed by atoms with E-state index in [1.165, 1.54) is 83.8 Å². The molecule has 2 aromatic heterocycles. The van der Waals surface area contributed by atoms with Gasteiger partial charge in [0.15, 0.2) is 0 Å². The number of nitrogens with zero attached hydrogens (tertiary/aromatic N) is 1. The highest BCUT2D eigenvalue weighted by Crippen LogP contribution is 2.44. The molecule has 0 atom stereocenters. The van der Waals surface area contributed by atoms with Crippen molar-refractivity contribution >= 4 is 112 Å². The summed E-state index contributed by atoms with van der Waals surface area (Å²) in [5.41, 5.74) is 5.87. The number of anilines is 3. The van der Waals surface area contributed by atoms with Crippen molar-refractivity contribution in [1.29, 1.82) is 0 Å². The minimum absolute atomic E-state index is 1.13. The summed E-state index contributed by atoms with van der Waals surface area (Å²) in [5.74, 6) is 0. The van der Waals surface area contributed by atoms with Crippen molar-refractivity contribution in [2.75, 3.05) is 4.90 Å². The number of thiophene rings is 2.